The third-order valence-corrected chi connectivity index (χ3v) is 9.46. The average molecular weight is 691 g/mol. The highest BCUT2D eigenvalue weighted by Crippen LogP contribution is 2.27. The molecule has 0 radical (unpaired) electrons. The van der Waals surface area contributed by atoms with E-state index in [1.807, 2.05) is 12.1 Å². The minimum Gasteiger partial charge on any atom is -0.462 e. The van der Waals surface area contributed by atoms with E-state index in [2.05, 4.69) is 93.7 Å². The van der Waals surface area contributed by atoms with Crippen LogP contribution in [0, 0.1) is 5.92 Å². The molecule has 0 saturated carbocycles. The third kappa shape index (κ3) is 12.0. The summed E-state index contributed by atoms with van der Waals surface area (Å²) in [5.74, 6) is -1.75. The maximum atomic E-state index is 12.1. The number of benzene rings is 4. The van der Waals surface area contributed by atoms with Crippen molar-refractivity contribution in [2.45, 2.75) is 78.1 Å². The summed E-state index contributed by atoms with van der Waals surface area (Å²) in [5, 5.41) is 20.8. The first kappa shape index (κ1) is 39.3. The molecule has 0 spiro atoms. The van der Waals surface area contributed by atoms with Gasteiger partial charge in [-0.05, 0) is 107 Å². The quantitative estimate of drug-likeness (QED) is 0.0516. The first-order valence-corrected chi connectivity index (χ1v) is 18.4. The van der Waals surface area contributed by atoms with Crippen LogP contribution in [0.1, 0.15) is 73.8 Å². The van der Waals surface area contributed by atoms with Gasteiger partial charge in [0.05, 0.1) is 37.6 Å². The molecular formula is C45H54O6. The normalized spacial score (nSPS) is 11.2. The summed E-state index contributed by atoms with van der Waals surface area (Å²) < 4.78 is 10.6. The van der Waals surface area contributed by atoms with Gasteiger partial charge in [0.15, 0.2) is 0 Å². The molecule has 6 heteroatoms. The van der Waals surface area contributed by atoms with E-state index in [0.29, 0.717) is 6.42 Å². The highest BCUT2D eigenvalue weighted by Gasteiger charge is 2.18. The number of aliphatic hydroxyl groups excluding tert-OH is 2. The molecule has 6 nitrogen and oxygen atoms in total. The molecule has 0 heterocycles. The van der Waals surface area contributed by atoms with E-state index in [4.69, 9.17) is 19.7 Å². The lowest BCUT2D eigenvalue weighted by Crippen LogP contribution is -2.24. The Morgan fingerprint density at radius 1 is 0.608 bits per heavy atom. The highest BCUT2D eigenvalue weighted by molar-refractivity contribution is 5.89. The first-order chi connectivity index (χ1) is 24.7. The molecule has 0 aromatic heterocycles. The molecule has 0 aliphatic rings. The number of carbonyl (C=O) groups excluding carboxylic acids is 2. The summed E-state index contributed by atoms with van der Waals surface area (Å²) in [5.41, 5.74) is 8.96. The van der Waals surface area contributed by atoms with E-state index in [0.717, 1.165) is 42.4 Å². The van der Waals surface area contributed by atoms with Crippen LogP contribution < -0.4 is 0 Å². The van der Waals surface area contributed by atoms with Gasteiger partial charge < -0.3 is 19.7 Å². The maximum absolute atomic E-state index is 12.1. The molecule has 0 atom stereocenters. The van der Waals surface area contributed by atoms with E-state index in [1.165, 1.54) is 65.1 Å². The number of esters is 2. The summed E-state index contributed by atoms with van der Waals surface area (Å²) in [4.78, 5) is 24.1. The number of carbonyl (C=O) groups is 2. The van der Waals surface area contributed by atoms with Gasteiger partial charge in [-0.25, -0.2) is 9.59 Å². The van der Waals surface area contributed by atoms with Crippen molar-refractivity contribution in [1.29, 1.82) is 0 Å². The van der Waals surface area contributed by atoms with E-state index in [1.54, 1.807) is 0 Å². The van der Waals surface area contributed by atoms with E-state index >= 15 is 0 Å². The Labute approximate surface area is 303 Å². The molecular weight excluding hydrogens is 636 g/mol. The predicted octanol–water partition coefficient (Wildman–Crippen LogP) is 8.71. The summed E-state index contributed by atoms with van der Waals surface area (Å²) in [7, 11) is 0. The molecule has 4 aromatic rings. The summed E-state index contributed by atoms with van der Waals surface area (Å²) in [6.45, 7) is 10.5. The van der Waals surface area contributed by atoms with E-state index < -0.39 is 25.2 Å². The number of rotatable bonds is 21. The summed E-state index contributed by atoms with van der Waals surface area (Å²) in [6, 6.07) is 28.7. The maximum Gasteiger partial charge on any atom is 0.335 e. The van der Waals surface area contributed by atoms with Crippen molar-refractivity contribution in [2.24, 2.45) is 5.92 Å². The van der Waals surface area contributed by atoms with Crippen LogP contribution in [0.4, 0.5) is 0 Å². The number of hydrogen-bond acceptors (Lipinski definition) is 6. The van der Waals surface area contributed by atoms with Gasteiger partial charge in [0.1, 0.15) is 0 Å². The van der Waals surface area contributed by atoms with E-state index in [-0.39, 0.29) is 30.3 Å². The second-order valence-electron chi connectivity index (χ2n) is 13.5. The fourth-order valence-corrected chi connectivity index (χ4v) is 6.31. The molecule has 0 aliphatic heterocycles. The molecule has 51 heavy (non-hydrogen) atoms. The summed E-state index contributed by atoms with van der Waals surface area (Å²) >= 11 is 0. The Morgan fingerprint density at radius 3 is 1.75 bits per heavy atom. The Balaban J connectivity index is 1.33. The second-order valence-corrected chi connectivity index (χ2v) is 13.5. The van der Waals surface area contributed by atoms with Crippen molar-refractivity contribution < 1.29 is 29.3 Å². The Morgan fingerprint density at radius 2 is 1.14 bits per heavy atom. The number of unbranched alkanes of at least 4 members (excludes halogenated alkanes) is 3. The van der Waals surface area contributed by atoms with Gasteiger partial charge in [-0.2, -0.15) is 0 Å². The summed E-state index contributed by atoms with van der Waals surface area (Å²) in [6.07, 6.45) is 11.2. The van der Waals surface area contributed by atoms with Crippen LogP contribution in [0.3, 0.4) is 0 Å². The van der Waals surface area contributed by atoms with Crippen LogP contribution in [0.15, 0.2) is 103 Å². The van der Waals surface area contributed by atoms with Crippen molar-refractivity contribution in [2.75, 3.05) is 26.4 Å². The van der Waals surface area contributed by atoms with Gasteiger partial charge in [-0.15, -0.1) is 0 Å². The SMILES string of the molecule is C=C(CO)C(=O)OCC(COC(=O)C(=C)CO)Cc1ccc(-c2ccc3cc(CCCCc4ccc(CCCCC)c(CC)c4)ccc3c2)cc1. The molecule has 0 unspecified atom stereocenters. The number of aliphatic hydroxyl groups is 2. The number of fused-ring (bicyclic) bond motifs is 1. The Hall–Kier alpha value is -4.52. The van der Waals surface area contributed by atoms with Crippen molar-refractivity contribution in [3.05, 3.63) is 131 Å². The van der Waals surface area contributed by atoms with Gasteiger partial charge in [0.2, 0.25) is 0 Å². The molecule has 0 saturated heterocycles. The molecule has 4 rings (SSSR count). The Bertz CT molecular complexity index is 1740. The molecule has 0 bridgehead atoms. The topological polar surface area (TPSA) is 93.1 Å². The highest BCUT2D eigenvalue weighted by atomic mass is 16.5. The smallest absolute Gasteiger partial charge is 0.335 e. The van der Waals surface area contributed by atoms with Crippen LogP contribution >= 0.6 is 0 Å². The zero-order valence-corrected chi connectivity index (χ0v) is 30.4. The van der Waals surface area contributed by atoms with Crippen LogP contribution in [-0.4, -0.2) is 48.6 Å². The second kappa shape index (κ2) is 20.4. The molecule has 0 aliphatic carbocycles. The van der Waals surface area contributed by atoms with Crippen molar-refractivity contribution >= 4 is 22.7 Å². The minimum atomic E-state index is -0.702. The van der Waals surface area contributed by atoms with Crippen molar-refractivity contribution in [3.63, 3.8) is 0 Å². The third-order valence-electron chi connectivity index (χ3n) is 9.46. The number of aryl methyl sites for hydroxylation is 4. The van der Waals surface area contributed by atoms with Crippen molar-refractivity contribution in [3.8, 4) is 11.1 Å². The molecule has 270 valence electrons. The molecule has 0 amide bonds. The lowest BCUT2D eigenvalue weighted by atomic mass is 9.94. The van der Waals surface area contributed by atoms with Gasteiger partial charge in [0, 0.05) is 5.92 Å². The molecule has 0 fully saturated rings. The number of ether oxygens (including phenoxy) is 2. The molecule has 4 aromatic carbocycles. The Kier molecular flexibility index (Phi) is 15.7. The van der Waals surface area contributed by atoms with Crippen LogP contribution in [0.5, 0.6) is 0 Å². The average Bonchev–Trinajstić information content (AvgIpc) is 3.16. The number of hydrogen-bond donors (Lipinski definition) is 2. The minimum absolute atomic E-state index is 0.0298. The first-order valence-electron chi connectivity index (χ1n) is 18.4. The fraction of sp³-hybridized carbons (Fsp3) is 0.378. The lowest BCUT2D eigenvalue weighted by Gasteiger charge is -2.18. The van der Waals surface area contributed by atoms with Gasteiger partial charge in [0.25, 0.3) is 0 Å². The van der Waals surface area contributed by atoms with Crippen molar-refractivity contribution in [1.82, 2.24) is 0 Å². The van der Waals surface area contributed by atoms with Gasteiger partial charge in [-0.3, -0.25) is 0 Å². The standard InChI is InChI=1S/C45H54O6/c1-5-7-8-13-39-18-14-34(25-38(39)6-2)11-9-10-12-35-17-21-43-27-42(23-22-41(43)26-35)40-19-15-36(16-20-40)24-37(30-50-44(48)32(3)28-46)31-51-45(49)33(4)29-47/h14-23,25-27,37,46-47H,3-13,24,28-31H2,1-2H3. The predicted molar refractivity (Wildman–Crippen MR) is 207 cm³/mol. The monoisotopic (exact) mass is 690 g/mol. The van der Waals surface area contributed by atoms with Crippen LogP contribution in [0.25, 0.3) is 21.9 Å². The van der Waals surface area contributed by atoms with Gasteiger partial charge in [-0.1, -0.05) is 113 Å². The zero-order valence-electron chi connectivity index (χ0n) is 30.4. The van der Waals surface area contributed by atoms with Gasteiger partial charge >= 0.3 is 11.9 Å². The lowest BCUT2D eigenvalue weighted by molar-refractivity contribution is -0.144. The van der Waals surface area contributed by atoms with Crippen LogP contribution in [-0.2, 0) is 51.2 Å². The van der Waals surface area contributed by atoms with Crippen LogP contribution in [0.2, 0.25) is 0 Å². The van der Waals surface area contributed by atoms with E-state index in [9.17, 15) is 9.59 Å². The fourth-order valence-electron chi connectivity index (χ4n) is 6.31. The zero-order chi connectivity index (χ0) is 36.6. The molecule has 2 N–H and O–H groups in total. The largest absolute Gasteiger partial charge is 0.462 e.